The summed E-state index contributed by atoms with van der Waals surface area (Å²) in [5.41, 5.74) is 1.02. The summed E-state index contributed by atoms with van der Waals surface area (Å²) in [7, 11) is 1.38. The van der Waals surface area contributed by atoms with Gasteiger partial charge in [0.1, 0.15) is 6.33 Å². The van der Waals surface area contributed by atoms with E-state index in [0.29, 0.717) is 11.3 Å². The third kappa shape index (κ3) is 3.69. The van der Waals surface area contributed by atoms with Crippen LogP contribution < -0.4 is 5.32 Å². The molecule has 0 aliphatic rings. The first kappa shape index (κ1) is 15.7. The molecule has 21 heavy (non-hydrogen) atoms. The lowest BCUT2D eigenvalue weighted by atomic mass is 10.2. The Morgan fingerprint density at radius 2 is 1.86 bits per heavy atom. The Morgan fingerprint density at radius 1 is 1.24 bits per heavy atom. The molecule has 1 amide bonds. The van der Waals surface area contributed by atoms with Crippen molar-refractivity contribution in [3.8, 4) is 0 Å². The fourth-order valence-corrected chi connectivity index (χ4v) is 2.84. The second-order valence-corrected chi connectivity index (χ2v) is 7.09. The van der Waals surface area contributed by atoms with Crippen molar-refractivity contribution in [3.05, 3.63) is 47.0 Å². The van der Waals surface area contributed by atoms with E-state index in [0.717, 1.165) is 0 Å². The molecule has 1 N–H and O–H groups in total. The van der Waals surface area contributed by atoms with Crippen molar-refractivity contribution in [2.75, 3.05) is 5.32 Å². The van der Waals surface area contributed by atoms with Gasteiger partial charge in [0.25, 0.3) is 15.0 Å². The molecule has 1 aromatic heterocycles. The van der Waals surface area contributed by atoms with Gasteiger partial charge in [0.15, 0.2) is 0 Å². The molecule has 1 aromatic carbocycles. The minimum Gasteiger partial charge on any atom is -0.320 e. The number of hydrogen-bond donors (Lipinski definition) is 1. The van der Waals surface area contributed by atoms with Crippen LogP contribution in [0, 0.1) is 6.92 Å². The summed E-state index contributed by atoms with van der Waals surface area (Å²) in [6.45, 7) is 1.61. The summed E-state index contributed by atoms with van der Waals surface area (Å²) in [6, 6.07) is 2.50. The van der Waals surface area contributed by atoms with Crippen molar-refractivity contribution >= 4 is 42.9 Å². The molecule has 2 rings (SSSR count). The standard InChI is InChI=1S/C12H9Cl2N3O3S/c1-7-2-9(21(14,19)20)3-10(13)11(7)17-12(18)8-4-15-6-16-5-8/h2-6H,1H3,(H,17,18). The predicted octanol–water partition coefficient (Wildman–Crippen LogP) is 2.62. The van der Waals surface area contributed by atoms with E-state index in [1.807, 2.05) is 0 Å². The molecule has 0 bridgehead atoms. The van der Waals surface area contributed by atoms with Crippen molar-refractivity contribution in [2.45, 2.75) is 11.8 Å². The van der Waals surface area contributed by atoms with E-state index < -0.39 is 15.0 Å². The monoisotopic (exact) mass is 345 g/mol. The second-order valence-electron chi connectivity index (χ2n) is 4.12. The maximum atomic E-state index is 12.0. The van der Waals surface area contributed by atoms with Crippen molar-refractivity contribution in [1.29, 1.82) is 0 Å². The van der Waals surface area contributed by atoms with Crippen LogP contribution in [0.15, 0.2) is 35.7 Å². The Kier molecular flexibility index (Phi) is 4.46. The lowest BCUT2D eigenvalue weighted by molar-refractivity contribution is 0.102. The molecule has 0 saturated carbocycles. The van der Waals surface area contributed by atoms with E-state index >= 15 is 0 Å². The third-order valence-electron chi connectivity index (χ3n) is 2.60. The van der Waals surface area contributed by atoms with Gasteiger partial charge in [-0.05, 0) is 24.6 Å². The topological polar surface area (TPSA) is 89.0 Å². The normalized spacial score (nSPS) is 11.2. The number of rotatable bonds is 3. The highest BCUT2D eigenvalue weighted by Gasteiger charge is 2.17. The van der Waals surface area contributed by atoms with Crippen LogP contribution in [-0.2, 0) is 9.05 Å². The van der Waals surface area contributed by atoms with Crippen molar-refractivity contribution in [2.24, 2.45) is 0 Å². The maximum Gasteiger partial charge on any atom is 0.261 e. The highest BCUT2D eigenvalue weighted by atomic mass is 35.7. The minimum absolute atomic E-state index is 0.0689. The Hall–Kier alpha value is -1.70. The average molecular weight is 346 g/mol. The van der Waals surface area contributed by atoms with E-state index in [1.54, 1.807) is 6.92 Å². The summed E-state index contributed by atoms with van der Waals surface area (Å²) < 4.78 is 22.6. The van der Waals surface area contributed by atoms with Gasteiger partial charge in [-0.15, -0.1) is 0 Å². The number of aryl methyl sites for hydroxylation is 1. The Balaban J connectivity index is 2.36. The minimum atomic E-state index is -3.89. The van der Waals surface area contributed by atoms with Crippen LogP contribution in [-0.4, -0.2) is 24.3 Å². The zero-order chi connectivity index (χ0) is 15.6. The van der Waals surface area contributed by atoms with Crippen LogP contribution in [0.3, 0.4) is 0 Å². The van der Waals surface area contributed by atoms with Crippen LogP contribution in [0.1, 0.15) is 15.9 Å². The molecule has 6 nitrogen and oxygen atoms in total. The molecule has 0 radical (unpaired) electrons. The first-order valence-electron chi connectivity index (χ1n) is 5.60. The fraction of sp³-hybridized carbons (Fsp3) is 0.0833. The molecule has 2 aromatic rings. The number of amides is 1. The second kappa shape index (κ2) is 5.97. The zero-order valence-corrected chi connectivity index (χ0v) is 13.0. The molecular weight excluding hydrogens is 337 g/mol. The summed E-state index contributed by atoms with van der Waals surface area (Å²) >= 11 is 6.00. The van der Waals surface area contributed by atoms with Gasteiger partial charge in [-0.3, -0.25) is 4.79 Å². The molecule has 0 aliphatic heterocycles. The molecule has 0 atom stereocenters. The lowest BCUT2D eigenvalue weighted by Crippen LogP contribution is -2.14. The zero-order valence-electron chi connectivity index (χ0n) is 10.7. The Labute approximate surface area is 130 Å². The van der Waals surface area contributed by atoms with E-state index in [2.05, 4.69) is 15.3 Å². The molecule has 9 heteroatoms. The third-order valence-corrected chi connectivity index (χ3v) is 4.24. The molecule has 0 saturated heterocycles. The number of hydrogen-bond acceptors (Lipinski definition) is 5. The van der Waals surface area contributed by atoms with Gasteiger partial charge >= 0.3 is 0 Å². The fourth-order valence-electron chi connectivity index (χ4n) is 1.61. The van der Waals surface area contributed by atoms with Crippen molar-refractivity contribution in [3.63, 3.8) is 0 Å². The van der Waals surface area contributed by atoms with Gasteiger partial charge in [0.2, 0.25) is 0 Å². The van der Waals surface area contributed by atoms with E-state index in [1.165, 1.54) is 30.9 Å². The van der Waals surface area contributed by atoms with Crippen LogP contribution >= 0.6 is 22.3 Å². The molecule has 1 heterocycles. The van der Waals surface area contributed by atoms with Gasteiger partial charge in [-0.2, -0.15) is 0 Å². The number of nitrogens with zero attached hydrogens (tertiary/aromatic N) is 2. The van der Waals surface area contributed by atoms with Gasteiger partial charge in [0, 0.05) is 23.1 Å². The van der Waals surface area contributed by atoms with Crippen molar-refractivity contribution in [1.82, 2.24) is 9.97 Å². The number of benzene rings is 1. The Bertz CT molecular complexity index is 772. The number of carbonyl (C=O) groups excluding carboxylic acids is 1. The molecule has 0 unspecified atom stereocenters. The van der Waals surface area contributed by atoms with Crippen LogP contribution in [0.5, 0.6) is 0 Å². The highest BCUT2D eigenvalue weighted by molar-refractivity contribution is 8.13. The molecular formula is C12H9Cl2N3O3S. The molecule has 0 aliphatic carbocycles. The van der Waals surface area contributed by atoms with E-state index in [-0.39, 0.29) is 15.5 Å². The first-order chi connectivity index (χ1) is 9.79. The van der Waals surface area contributed by atoms with Crippen LogP contribution in [0.4, 0.5) is 5.69 Å². The van der Waals surface area contributed by atoms with Crippen LogP contribution in [0.25, 0.3) is 0 Å². The highest BCUT2D eigenvalue weighted by Crippen LogP contribution is 2.31. The largest absolute Gasteiger partial charge is 0.320 e. The number of carbonyl (C=O) groups is 1. The Morgan fingerprint density at radius 3 is 2.38 bits per heavy atom. The molecule has 110 valence electrons. The molecule has 0 fully saturated rings. The SMILES string of the molecule is Cc1cc(S(=O)(=O)Cl)cc(Cl)c1NC(=O)c1cncnc1. The van der Waals surface area contributed by atoms with Gasteiger partial charge in [-0.1, -0.05) is 11.6 Å². The van der Waals surface area contributed by atoms with Gasteiger partial charge in [-0.25, -0.2) is 18.4 Å². The smallest absolute Gasteiger partial charge is 0.261 e. The van der Waals surface area contributed by atoms with Crippen LogP contribution in [0.2, 0.25) is 5.02 Å². The van der Waals surface area contributed by atoms with E-state index in [4.69, 9.17) is 22.3 Å². The first-order valence-corrected chi connectivity index (χ1v) is 8.29. The summed E-state index contributed by atoms with van der Waals surface area (Å²) in [5, 5.41) is 2.65. The number of halogens is 2. The summed E-state index contributed by atoms with van der Waals surface area (Å²) in [4.78, 5) is 19.3. The lowest BCUT2D eigenvalue weighted by Gasteiger charge is -2.11. The van der Waals surface area contributed by atoms with Gasteiger partial charge < -0.3 is 5.32 Å². The quantitative estimate of drug-likeness (QED) is 0.863. The number of anilines is 1. The summed E-state index contributed by atoms with van der Waals surface area (Å²) in [5.74, 6) is -0.456. The molecule has 0 spiro atoms. The number of aromatic nitrogens is 2. The van der Waals surface area contributed by atoms with Crippen molar-refractivity contribution < 1.29 is 13.2 Å². The number of nitrogens with one attached hydrogen (secondary N) is 1. The summed E-state index contributed by atoms with van der Waals surface area (Å²) in [6.07, 6.45) is 4.00. The predicted molar refractivity (Wildman–Crippen MR) is 79.2 cm³/mol. The maximum absolute atomic E-state index is 12.0. The van der Waals surface area contributed by atoms with Gasteiger partial charge in [0.05, 0.1) is 21.2 Å². The average Bonchev–Trinajstić information content (AvgIpc) is 2.42. The van der Waals surface area contributed by atoms with E-state index in [9.17, 15) is 13.2 Å².